The van der Waals surface area contributed by atoms with Crippen molar-refractivity contribution in [3.63, 3.8) is 0 Å². The van der Waals surface area contributed by atoms with E-state index < -0.39 is 0 Å². The number of benzene rings is 1. The monoisotopic (exact) mass is 220 g/mol. The normalized spacial score (nSPS) is 32.9. The number of aryl methyl sites for hydroxylation is 1. The van der Waals surface area contributed by atoms with E-state index in [1.54, 1.807) is 0 Å². The first-order chi connectivity index (χ1) is 7.13. The first-order valence-electron chi connectivity index (χ1n) is 5.43. The lowest BCUT2D eigenvalue weighted by molar-refractivity contribution is -0.119. The Bertz CT molecular complexity index is 452. The lowest BCUT2D eigenvalue weighted by Gasteiger charge is -2.12. The van der Waals surface area contributed by atoms with E-state index in [0.29, 0.717) is 11.7 Å². The second kappa shape index (κ2) is 2.85. The molecule has 3 rings (SSSR count). The van der Waals surface area contributed by atoms with Crippen molar-refractivity contribution < 1.29 is 4.79 Å². The van der Waals surface area contributed by atoms with Crippen molar-refractivity contribution in [3.8, 4) is 0 Å². The Hall–Kier alpha value is -0.820. The van der Waals surface area contributed by atoms with Gasteiger partial charge in [0.25, 0.3) is 0 Å². The Morgan fingerprint density at radius 3 is 2.80 bits per heavy atom. The van der Waals surface area contributed by atoms with Gasteiger partial charge >= 0.3 is 0 Å². The lowest BCUT2D eigenvalue weighted by atomic mass is 9.92. The zero-order chi connectivity index (χ0) is 10.6. The lowest BCUT2D eigenvalue weighted by Crippen LogP contribution is -2.05. The molecule has 1 nitrogen and oxygen atoms in total. The van der Waals surface area contributed by atoms with Crippen LogP contribution in [0.2, 0.25) is 5.02 Å². The van der Waals surface area contributed by atoms with E-state index in [0.717, 1.165) is 29.8 Å². The van der Waals surface area contributed by atoms with E-state index in [9.17, 15) is 4.79 Å². The maximum Gasteiger partial charge on any atom is 0.136 e. The van der Waals surface area contributed by atoms with Gasteiger partial charge in [-0.25, -0.2) is 0 Å². The molecular weight excluding hydrogens is 208 g/mol. The summed E-state index contributed by atoms with van der Waals surface area (Å²) in [5.41, 5.74) is 2.64. The molecule has 0 aromatic heterocycles. The number of carbonyl (C=O) groups is 1. The molecule has 1 aromatic rings. The Kier molecular flexibility index (Phi) is 1.79. The van der Waals surface area contributed by atoms with E-state index in [4.69, 9.17) is 11.6 Å². The van der Waals surface area contributed by atoms with Gasteiger partial charge in [-0.05, 0) is 37.0 Å². The minimum Gasteiger partial charge on any atom is -0.299 e. The molecule has 0 aliphatic heterocycles. The topological polar surface area (TPSA) is 17.1 Å². The molecule has 0 heterocycles. The van der Waals surface area contributed by atoms with Crippen molar-refractivity contribution >= 4 is 17.4 Å². The Balaban J connectivity index is 2.01. The summed E-state index contributed by atoms with van der Waals surface area (Å²) < 4.78 is 0. The number of hydrogen-bond acceptors (Lipinski definition) is 1. The smallest absolute Gasteiger partial charge is 0.136 e. The van der Waals surface area contributed by atoms with E-state index in [-0.39, 0.29) is 5.41 Å². The molecule has 2 saturated carbocycles. The van der Waals surface area contributed by atoms with Crippen molar-refractivity contribution in [2.75, 3.05) is 0 Å². The first-order valence-corrected chi connectivity index (χ1v) is 5.81. The van der Waals surface area contributed by atoms with Gasteiger partial charge < -0.3 is 0 Å². The molecule has 0 amide bonds. The molecule has 2 atom stereocenters. The molecule has 1 aromatic carbocycles. The number of ketones is 1. The van der Waals surface area contributed by atoms with E-state index in [1.165, 1.54) is 5.56 Å². The quantitative estimate of drug-likeness (QED) is 0.710. The van der Waals surface area contributed by atoms with Gasteiger partial charge in [0, 0.05) is 22.8 Å². The number of hydrogen-bond donors (Lipinski definition) is 0. The third-order valence-electron chi connectivity index (χ3n) is 4.01. The van der Waals surface area contributed by atoms with Crippen molar-refractivity contribution in [2.45, 2.75) is 31.6 Å². The maximum atomic E-state index is 11.5. The highest BCUT2D eigenvalue weighted by Crippen LogP contribution is 2.62. The summed E-state index contributed by atoms with van der Waals surface area (Å²) >= 11 is 6.01. The standard InChI is InChI=1S/C13H13ClO/c1-8-6-9(2-3-11(8)14)13-5-4-12(15)10(13)7-13/h2-3,6,10H,4-5,7H2,1H3. The highest BCUT2D eigenvalue weighted by Gasteiger charge is 2.62. The number of carbonyl (C=O) groups excluding carboxylic acids is 1. The second-order valence-corrected chi connectivity index (χ2v) is 5.25. The van der Waals surface area contributed by atoms with Crippen molar-refractivity contribution in [1.82, 2.24) is 0 Å². The molecule has 78 valence electrons. The molecule has 0 radical (unpaired) electrons. The largest absolute Gasteiger partial charge is 0.299 e. The van der Waals surface area contributed by atoms with Crippen LogP contribution in [0.25, 0.3) is 0 Å². The van der Waals surface area contributed by atoms with Crippen LogP contribution in [0.5, 0.6) is 0 Å². The fraction of sp³-hybridized carbons (Fsp3) is 0.462. The second-order valence-electron chi connectivity index (χ2n) is 4.84. The summed E-state index contributed by atoms with van der Waals surface area (Å²) in [6.45, 7) is 2.02. The van der Waals surface area contributed by atoms with Crippen LogP contribution in [-0.4, -0.2) is 5.78 Å². The Labute approximate surface area is 94.4 Å². The van der Waals surface area contributed by atoms with Gasteiger partial charge in [-0.15, -0.1) is 0 Å². The molecule has 15 heavy (non-hydrogen) atoms. The van der Waals surface area contributed by atoms with Crippen molar-refractivity contribution in [3.05, 3.63) is 34.3 Å². The zero-order valence-electron chi connectivity index (χ0n) is 8.72. The summed E-state index contributed by atoms with van der Waals surface area (Å²) in [5, 5.41) is 0.816. The molecular formula is C13H13ClO. The van der Waals surface area contributed by atoms with Crippen LogP contribution >= 0.6 is 11.6 Å². The average molecular weight is 221 g/mol. The molecule has 2 aliphatic rings. The first kappa shape index (κ1) is 9.41. The van der Waals surface area contributed by atoms with Gasteiger partial charge in [-0.2, -0.15) is 0 Å². The van der Waals surface area contributed by atoms with Crippen LogP contribution in [0.3, 0.4) is 0 Å². The zero-order valence-corrected chi connectivity index (χ0v) is 9.47. The van der Waals surface area contributed by atoms with E-state index in [1.807, 2.05) is 13.0 Å². The number of Topliss-reactive ketones (excluding diaryl/α,β-unsaturated/α-hetero) is 1. The van der Waals surface area contributed by atoms with E-state index in [2.05, 4.69) is 12.1 Å². The predicted molar refractivity (Wildman–Crippen MR) is 60.2 cm³/mol. The number of halogens is 1. The fourth-order valence-corrected chi connectivity index (χ4v) is 3.06. The van der Waals surface area contributed by atoms with Crippen LogP contribution in [-0.2, 0) is 10.2 Å². The molecule has 0 saturated heterocycles. The van der Waals surface area contributed by atoms with Gasteiger partial charge in [0.1, 0.15) is 5.78 Å². The Morgan fingerprint density at radius 1 is 1.47 bits per heavy atom. The maximum absolute atomic E-state index is 11.5. The fourth-order valence-electron chi connectivity index (χ4n) is 2.94. The van der Waals surface area contributed by atoms with Crippen molar-refractivity contribution in [2.24, 2.45) is 5.92 Å². The number of fused-ring (bicyclic) bond motifs is 1. The third-order valence-corrected chi connectivity index (χ3v) is 4.44. The Morgan fingerprint density at radius 2 is 2.27 bits per heavy atom. The minimum absolute atomic E-state index is 0.201. The van der Waals surface area contributed by atoms with Gasteiger partial charge in [-0.3, -0.25) is 4.79 Å². The van der Waals surface area contributed by atoms with Crippen LogP contribution in [0.1, 0.15) is 30.4 Å². The van der Waals surface area contributed by atoms with Crippen LogP contribution in [0.15, 0.2) is 18.2 Å². The molecule has 0 N–H and O–H groups in total. The van der Waals surface area contributed by atoms with E-state index >= 15 is 0 Å². The summed E-state index contributed by atoms with van der Waals surface area (Å²) in [6.07, 6.45) is 2.87. The number of rotatable bonds is 1. The van der Waals surface area contributed by atoms with Gasteiger partial charge in [-0.1, -0.05) is 23.7 Å². The predicted octanol–water partition coefficient (Wildman–Crippen LogP) is 3.27. The van der Waals surface area contributed by atoms with Gasteiger partial charge in [0.2, 0.25) is 0 Å². The average Bonchev–Trinajstić information content (AvgIpc) is 2.88. The highest BCUT2D eigenvalue weighted by molar-refractivity contribution is 6.31. The summed E-state index contributed by atoms with van der Waals surface area (Å²) in [4.78, 5) is 11.5. The molecule has 2 aliphatic carbocycles. The van der Waals surface area contributed by atoms with Crippen molar-refractivity contribution in [1.29, 1.82) is 0 Å². The minimum atomic E-state index is 0.201. The third kappa shape index (κ3) is 1.19. The summed E-state index contributed by atoms with van der Waals surface area (Å²) in [6, 6.07) is 6.20. The SMILES string of the molecule is Cc1cc(C23CCC(=O)C2C3)ccc1Cl. The highest BCUT2D eigenvalue weighted by atomic mass is 35.5. The molecule has 2 fully saturated rings. The molecule has 2 unspecified atom stereocenters. The summed E-state index contributed by atoms with van der Waals surface area (Å²) in [7, 11) is 0. The summed E-state index contributed by atoms with van der Waals surface area (Å²) in [5.74, 6) is 0.778. The van der Waals surface area contributed by atoms with Crippen LogP contribution < -0.4 is 0 Å². The van der Waals surface area contributed by atoms with Crippen LogP contribution in [0, 0.1) is 12.8 Å². The molecule has 0 spiro atoms. The molecule has 0 bridgehead atoms. The van der Waals surface area contributed by atoms with Gasteiger partial charge in [0.15, 0.2) is 0 Å². The van der Waals surface area contributed by atoms with Crippen LogP contribution in [0.4, 0.5) is 0 Å². The molecule has 2 heteroatoms. The van der Waals surface area contributed by atoms with Gasteiger partial charge in [0.05, 0.1) is 0 Å².